The maximum absolute atomic E-state index is 14.0. The Morgan fingerprint density at radius 1 is 1.17 bits per heavy atom. The molecule has 1 aliphatic rings. The minimum absolute atomic E-state index is 0.169. The molecule has 23 heavy (non-hydrogen) atoms. The zero-order valence-electron chi connectivity index (χ0n) is 13.0. The van der Waals surface area contributed by atoms with Crippen molar-refractivity contribution in [3.63, 3.8) is 0 Å². The van der Waals surface area contributed by atoms with Gasteiger partial charge < -0.3 is 5.32 Å². The molecule has 3 nitrogen and oxygen atoms in total. The van der Waals surface area contributed by atoms with Crippen LogP contribution in [0.25, 0.3) is 5.69 Å². The lowest BCUT2D eigenvalue weighted by Gasteiger charge is -2.07. The molecule has 1 aliphatic heterocycles. The van der Waals surface area contributed by atoms with E-state index < -0.39 is 0 Å². The molecule has 4 rings (SSSR count). The highest BCUT2D eigenvalue weighted by Gasteiger charge is 2.23. The second-order valence-electron chi connectivity index (χ2n) is 5.97. The third-order valence-electron chi connectivity index (χ3n) is 4.30. The molecule has 116 valence electrons. The molecule has 0 amide bonds. The molecule has 0 fully saturated rings. The monoisotopic (exact) mass is 307 g/mol. The molecule has 0 saturated heterocycles. The molecule has 1 N–H and O–H groups in total. The largest absolute Gasteiger partial charge is 0.369 e. The van der Waals surface area contributed by atoms with E-state index in [0.717, 1.165) is 30.2 Å². The number of hydrogen-bond donors (Lipinski definition) is 1. The van der Waals surface area contributed by atoms with Crippen molar-refractivity contribution in [3.05, 3.63) is 76.7 Å². The number of hydrogen-bond acceptors (Lipinski definition) is 2. The Bertz CT molecular complexity index is 867. The predicted molar refractivity (Wildman–Crippen MR) is 89.7 cm³/mol. The predicted octanol–water partition coefficient (Wildman–Crippen LogP) is 3.88. The van der Waals surface area contributed by atoms with E-state index in [2.05, 4.69) is 24.4 Å². The molecule has 1 aromatic heterocycles. The van der Waals surface area contributed by atoms with E-state index in [1.54, 1.807) is 6.07 Å². The van der Waals surface area contributed by atoms with Crippen LogP contribution in [0.3, 0.4) is 0 Å². The molecule has 4 heteroatoms. The number of aromatic nitrogens is 2. The smallest absolute Gasteiger partial charge is 0.133 e. The normalized spacial score (nSPS) is 13.0. The standard InChI is InChI=1S/C19H18FN3/c1-13-5-4-7-15(11-13)23-19-16(9-10-21-19)18(22-23)12-14-6-2-3-8-17(14)20/h2-8,11,21H,9-10,12H2,1H3. The number of anilines is 1. The van der Waals surface area contributed by atoms with Crippen molar-refractivity contribution in [2.75, 3.05) is 11.9 Å². The van der Waals surface area contributed by atoms with Gasteiger partial charge in [-0.1, -0.05) is 30.3 Å². The van der Waals surface area contributed by atoms with Gasteiger partial charge in [-0.2, -0.15) is 5.10 Å². The Morgan fingerprint density at radius 3 is 2.87 bits per heavy atom. The summed E-state index contributed by atoms with van der Waals surface area (Å²) < 4.78 is 15.9. The SMILES string of the molecule is Cc1cccc(-n2nc(Cc3ccccc3F)c3c2NCC3)c1. The molecular weight excluding hydrogens is 289 g/mol. The molecule has 0 radical (unpaired) electrons. The van der Waals surface area contributed by atoms with Crippen LogP contribution in [0, 0.1) is 12.7 Å². The number of nitrogens with zero attached hydrogens (tertiary/aromatic N) is 2. The average Bonchev–Trinajstić information content (AvgIpc) is 3.13. The van der Waals surface area contributed by atoms with Crippen molar-refractivity contribution < 1.29 is 4.39 Å². The lowest BCUT2D eigenvalue weighted by molar-refractivity contribution is 0.612. The fraction of sp³-hybridized carbons (Fsp3) is 0.211. The van der Waals surface area contributed by atoms with Crippen LogP contribution in [0.1, 0.15) is 22.4 Å². The number of halogens is 1. The lowest BCUT2D eigenvalue weighted by atomic mass is 10.1. The van der Waals surface area contributed by atoms with Crippen molar-refractivity contribution in [2.24, 2.45) is 0 Å². The summed E-state index contributed by atoms with van der Waals surface area (Å²) in [6.07, 6.45) is 1.46. The zero-order valence-corrected chi connectivity index (χ0v) is 13.0. The van der Waals surface area contributed by atoms with Gasteiger partial charge in [-0.15, -0.1) is 0 Å². The highest BCUT2D eigenvalue weighted by Crippen LogP contribution is 2.30. The summed E-state index contributed by atoms with van der Waals surface area (Å²) in [6.45, 7) is 2.98. The first kappa shape index (κ1) is 14.0. The lowest BCUT2D eigenvalue weighted by Crippen LogP contribution is -2.05. The van der Waals surface area contributed by atoms with Gasteiger partial charge in [0, 0.05) is 18.5 Å². The Balaban J connectivity index is 1.78. The van der Waals surface area contributed by atoms with Crippen LogP contribution >= 0.6 is 0 Å². The quantitative estimate of drug-likeness (QED) is 0.796. The van der Waals surface area contributed by atoms with Crippen molar-refractivity contribution in [1.82, 2.24) is 9.78 Å². The molecule has 0 unspecified atom stereocenters. The molecular formula is C19H18FN3. The third kappa shape index (κ3) is 2.50. The minimum atomic E-state index is -0.169. The van der Waals surface area contributed by atoms with Crippen molar-refractivity contribution in [1.29, 1.82) is 0 Å². The van der Waals surface area contributed by atoms with E-state index >= 15 is 0 Å². The van der Waals surface area contributed by atoms with Crippen LogP contribution in [0.5, 0.6) is 0 Å². The fourth-order valence-corrected chi connectivity index (χ4v) is 3.16. The van der Waals surface area contributed by atoms with Gasteiger partial charge in [-0.05, 0) is 42.7 Å². The van der Waals surface area contributed by atoms with Gasteiger partial charge >= 0.3 is 0 Å². The van der Waals surface area contributed by atoms with Crippen LogP contribution < -0.4 is 5.32 Å². The fourth-order valence-electron chi connectivity index (χ4n) is 3.16. The third-order valence-corrected chi connectivity index (χ3v) is 4.30. The van der Waals surface area contributed by atoms with Gasteiger partial charge in [-0.3, -0.25) is 0 Å². The average molecular weight is 307 g/mol. The molecule has 0 aliphatic carbocycles. The Labute approximate surface area is 134 Å². The summed E-state index contributed by atoms with van der Waals surface area (Å²) >= 11 is 0. The molecule has 2 heterocycles. The Hall–Kier alpha value is -2.62. The number of rotatable bonds is 3. The van der Waals surface area contributed by atoms with E-state index in [4.69, 9.17) is 5.10 Å². The number of fused-ring (bicyclic) bond motifs is 1. The van der Waals surface area contributed by atoms with Gasteiger partial charge in [0.05, 0.1) is 11.4 Å². The second kappa shape index (κ2) is 5.54. The van der Waals surface area contributed by atoms with Crippen molar-refractivity contribution in [3.8, 4) is 5.69 Å². The van der Waals surface area contributed by atoms with E-state index in [1.165, 1.54) is 17.2 Å². The molecule has 0 bridgehead atoms. The summed E-state index contributed by atoms with van der Waals surface area (Å²) in [4.78, 5) is 0. The maximum Gasteiger partial charge on any atom is 0.133 e. The first-order valence-corrected chi connectivity index (χ1v) is 7.87. The van der Waals surface area contributed by atoms with Crippen LogP contribution in [-0.2, 0) is 12.8 Å². The first-order valence-electron chi connectivity index (χ1n) is 7.87. The van der Waals surface area contributed by atoms with Crippen LogP contribution in [0.15, 0.2) is 48.5 Å². The van der Waals surface area contributed by atoms with Gasteiger partial charge in [0.25, 0.3) is 0 Å². The minimum Gasteiger partial charge on any atom is -0.369 e. The van der Waals surface area contributed by atoms with Gasteiger partial charge in [0.2, 0.25) is 0 Å². The highest BCUT2D eigenvalue weighted by molar-refractivity contribution is 5.58. The Morgan fingerprint density at radius 2 is 2.04 bits per heavy atom. The number of aryl methyl sites for hydroxylation is 1. The maximum atomic E-state index is 14.0. The van der Waals surface area contributed by atoms with E-state index in [0.29, 0.717) is 12.0 Å². The molecule has 3 aromatic rings. The summed E-state index contributed by atoms with van der Waals surface area (Å²) in [5.41, 5.74) is 5.08. The molecule has 0 saturated carbocycles. The van der Waals surface area contributed by atoms with Crippen molar-refractivity contribution in [2.45, 2.75) is 19.8 Å². The number of benzene rings is 2. The molecule has 0 atom stereocenters. The zero-order chi connectivity index (χ0) is 15.8. The Kier molecular flexibility index (Phi) is 3.37. The number of nitrogens with one attached hydrogen (secondary N) is 1. The van der Waals surface area contributed by atoms with E-state index in [1.807, 2.05) is 28.9 Å². The summed E-state index contributed by atoms with van der Waals surface area (Å²) in [6, 6.07) is 15.2. The van der Waals surface area contributed by atoms with Gasteiger partial charge in [0.1, 0.15) is 11.6 Å². The van der Waals surface area contributed by atoms with Gasteiger partial charge in [-0.25, -0.2) is 9.07 Å². The summed E-state index contributed by atoms with van der Waals surface area (Å²) in [5, 5.41) is 8.18. The second-order valence-corrected chi connectivity index (χ2v) is 5.97. The molecule has 2 aromatic carbocycles. The van der Waals surface area contributed by atoms with Crippen LogP contribution in [0.4, 0.5) is 10.2 Å². The van der Waals surface area contributed by atoms with Crippen LogP contribution in [-0.4, -0.2) is 16.3 Å². The summed E-state index contributed by atoms with van der Waals surface area (Å²) in [5.74, 6) is 0.874. The first-order chi connectivity index (χ1) is 11.2. The summed E-state index contributed by atoms with van der Waals surface area (Å²) in [7, 11) is 0. The van der Waals surface area contributed by atoms with E-state index in [-0.39, 0.29) is 5.82 Å². The topological polar surface area (TPSA) is 29.9 Å². The van der Waals surface area contributed by atoms with Crippen LogP contribution in [0.2, 0.25) is 0 Å². The van der Waals surface area contributed by atoms with Crippen molar-refractivity contribution >= 4 is 5.82 Å². The highest BCUT2D eigenvalue weighted by atomic mass is 19.1. The van der Waals surface area contributed by atoms with Gasteiger partial charge in [0.15, 0.2) is 0 Å². The molecule has 0 spiro atoms. The van der Waals surface area contributed by atoms with E-state index in [9.17, 15) is 4.39 Å².